The minimum atomic E-state index is -0.477. The number of likely N-dealkylation sites (tertiary alicyclic amines) is 2. The van der Waals surface area contributed by atoms with E-state index in [4.69, 9.17) is 11.6 Å². The second-order valence-corrected chi connectivity index (χ2v) is 23.1. The summed E-state index contributed by atoms with van der Waals surface area (Å²) >= 11 is 8.90. The largest absolute Gasteiger partial charge is 0.390 e. The number of halogens is 2. The van der Waals surface area contributed by atoms with Gasteiger partial charge in [-0.2, -0.15) is 10.2 Å². The first-order valence-corrected chi connectivity index (χ1v) is 28.0. The molecule has 0 aromatic carbocycles. The van der Waals surface area contributed by atoms with Crippen LogP contribution in [0, 0.1) is 59.2 Å². The summed E-state index contributed by atoms with van der Waals surface area (Å²) in [6.45, 7) is 8.28. The average molecular weight is 1080 g/mol. The monoisotopic (exact) mass is 1080 g/mol. The summed E-state index contributed by atoms with van der Waals surface area (Å²) in [6.07, 6.45) is 15.1. The fourth-order valence-corrected chi connectivity index (χ4v) is 15.7. The minimum absolute atomic E-state index is 0. The molecule has 4 heterocycles. The van der Waals surface area contributed by atoms with Crippen molar-refractivity contribution in [3.8, 4) is 0 Å². The second-order valence-electron chi connectivity index (χ2n) is 22.8. The van der Waals surface area contributed by atoms with E-state index in [0.29, 0.717) is 88.4 Å². The molecule has 380 valence electrons. The van der Waals surface area contributed by atoms with Crippen LogP contribution in [0.5, 0.6) is 0 Å². The van der Waals surface area contributed by atoms with Crippen LogP contribution >= 0.6 is 34.2 Å². The van der Waals surface area contributed by atoms with Crippen molar-refractivity contribution in [3.63, 3.8) is 0 Å². The molecule has 14 nitrogen and oxygen atoms in total. The van der Waals surface area contributed by atoms with Crippen LogP contribution in [0.1, 0.15) is 145 Å². The Bertz CT molecular complexity index is 2100. The molecule has 2 amide bonds. The summed E-state index contributed by atoms with van der Waals surface area (Å²) in [4.78, 5) is 59.8. The van der Waals surface area contributed by atoms with Crippen LogP contribution < -0.4 is 9.80 Å². The van der Waals surface area contributed by atoms with E-state index in [2.05, 4.69) is 49.6 Å². The molecule has 2 N–H and O–H groups in total. The van der Waals surface area contributed by atoms with Crippen molar-refractivity contribution in [2.75, 3.05) is 68.1 Å². The molecule has 0 radical (unpaired) electrons. The molecule has 10 aliphatic rings. The fourth-order valence-electron chi connectivity index (χ4n) is 15.3. The van der Waals surface area contributed by atoms with E-state index < -0.39 is 11.2 Å². The van der Waals surface area contributed by atoms with E-state index in [9.17, 15) is 29.4 Å². The molecule has 4 unspecified atom stereocenters. The van der Waals surface area contributed by atoms with Crippen LogP contribution in [0.15, 0.2) is 6.07 Å². The van der Waals surface area contributed by atoms with Crippen molar-refractivity contribution >= 4 is 69.2 Å². The molecular formula is C52H82ClIN8O6. The summed E-state index contributed by atoms with van der Waals surface area (Å²) < 4.78 is 3.57. The van der Waals surface area contributed by atoms with Crippen LogP contribution in [0.4, 0.5) is 11.6 Å². The highest BCUT2D eigenvalue weighted by molar-refractivity contribution is 14.1. The molecule has 0 spiro atoms. The highest BCUT2D eigenvalue weighted by Gasteiger charge is 2.56. The van der Waals surface area contributed by atoms with Gasteiger partial charge >= 0.3 is 0 Å². The van der Waals surface area contributed by atoms with Crippen LogP contribution in [0.2, 0.25) is 5.02 Å². The summed E-state index contributed by atoms with van der Waals surface area (Å²) in [5, 5.41) is 31.2. The Morgan fingerprint density at radius 2 is 1.09 bits per heavy atom. The molecule has 8 saturated carbocycles. The van der Waals surface area contributed by atoms with Crippen LogP contribution in [0.3, 0.4) is 0 Å². The first-order chi connectivity index (χ1) is 31.8. The van der Waals surface area contributed by atoms with Crippen molar-refractivity contribution < 1.29 is 29.4 Å². The van der Waals surface area contributed by atoms with Crippen LogP contribution in [-0.4, -0.2) is 132 Å². The van der Waals surface area contributed by atoms with Gasteiger partial charge in [-0.05, 0) is 154 Å². The van der Waals surface area contributed by atoms with E-state index in [-0.39, 0.29) is 30.8 Å². The van der Waals surface area contributed by atoms with Gasteiger partial charge in [-0.25, -0.2) is 0 Å². The van der Waals surface area contributed by atoms with Gasteiger partial charge in [0, 0.05) is 100 Å². The Labute approximate surface area is 424 Å². The van der Waals surface area contributed by atoms with Crippen molar-refractivity contribution in [3.05, 3.63) is 22.5 Å². The molecule has 2 aliphatic heterocycles. The number of aryl methyl sites for hydroxylation is 2. The quantitative estimate of drug-likeness (QED) is 0.121. The van der Waals surface area contributed by atoms with Crippen LogP contribution in [-0.2, 0) is 23.7 Å². The summed E-state index contributed by atoms with van der Waals surface area (Å²) in [5.41, 5.74) is 0.0419. The summed E-state index contributed by atoms with van der Waals surface area (Å²) in [6, 6.07) is 1.96. The Morgan fingerprint density at radius 3 is 1.50 bits per heavy atom. The lowest BCUT2D eigenvalue weighted by atomic mass is 9.49. The SMILES string of the molecule is C.CC(=O)N1CCC(CN(C)c2c(Cl)c(C(=O)CC3C4CC5CC3CC(O)(C5)C4)nn2C)CC1.CC(=O)N1CCC(CN(C)c2cc(C(=O)CC3C4CC5CC3CC(O)(C5)C4)nn2C)CC1.CI. The number of amides is 2. The standard InChI is InChI=1S/C25H37ClN4O3.C25H38N4O3.CH3I.CH4/c1-15(31)30-6-4-16(5-7-30)14-28(2)24-22(26)23(27-29(24)3)21(32)10-20-18-8-17-9-19(20)13-25(33,11-17)12-18;1-16(30)29-6-4-17(5-7-29)15-27(2)24-11-22(26-28(24)3)23(31)10-21-19-8-18-9-20(21)14-25(32,12-18)13-19;1-2;/h16-20,33H,4-14H2,1-3H3;11,17-21,32H,4-10,12-15H2,1-3H3;1H3;1H4. The van der Waals surface area contributed by atoms with E-state index in [0.717, 1.165) is 128 Å². The number of piperidine rings is 2. The number of anilines is 2. The first kappa shape index (κ1) is 53.0. The zero-order chi connectivity index (χ0) is 48.1. The van der Waals surface area contributed by atoms with Gasteiger partial charge in [0.05, 0.1) is 11.2 Å². The highest BCUT2D eigenvalue weighted by atomic mass is 127. The Kier molecular flexibility index (Phi) is 16.8. The highest BCUT2D eigenvalue weighted by Crippen LogP contribution is 2.60. The number of hydrogen-bond acceptors (Lipinski definition) is 10. The third-order valence-corrected chi connectivity index (χ3v) is 18.4. The molecule has 4 atom stereocenters. The fraction of sp³-hybridized carbons (Fsp3) is 0.808. The maximum atomic E-state index is 13.3. The maximum Gasteiger partial charge on any atom is 0.219 e. The number of alkyl halides is 1. The molecule has 68 heavy (non-hydrogen) atoms. The Morgan fingerprint density at radius 1 is 0.676 bits per heavy atom. The molecular weight excluding hydrogens is 995 g/mol. The number of hydrogen-bond donors (Lipinski definition) is 2. The van der Waals surface area contributed by atoms with Crippen molar-refractivity contribution in [2.45, 2.75) is 135 Å². The lowest BCUT2D eigenvalue weighted by Crippen LogP contribution is -2.54. The Balaban J connectivity index is 0.000000192. The average Bonchev–Trinajstić information content (AvgIpc) is 3.81. The van der Waals surface area contributed by atoms with Gasteiger partial charge in [-0.1, -0.05) is 41.6 Å². The van der Waals surface area contributed by atoms with Gasteiger partial charge in [0.25, 0.3) is 0 Å². The lowest BCUT2D eigenvalue weighted by molar-refractivity contribution is -0.151. The second kappa shape index (κ2) is 21.5. The molecule has 2 aromatic rings. The zero-order valence-corrected chi connectivity index (χ0v) is 44.2. The molecule has 8 bridgehead atoms. The molecule has 16 heteroatoms. The molecule has 2 saturated heterocycles. The number of aromatic nitrogens is 4. The number of Topliss-reactive ketones (excluding diaryl/α,β-unsaturated/α-hetero) is 2. The van der Waals surface area contributed by atoms with Gasteiger partial charge in [-0.3, -0.25) is 28.5 Å². The van der Waals surface area contributed by atoms with E-state index in [1.807, 2.05) is 46.6 Å². The van der Waals surface area contributed by atoms with Gasteiger partial charge in [0.1, 0.15) is 28.0 Å². The lowest BCUT2D eigenvalue weighted by Gasteiger charge is -2.58. The van der Waals surface area contributed by atoms with Crippen LogP contribution in [0.25, 0.3) is 0 Å². The molecule has 2 aromatic heterocycles. The van der Waals surface area contributed by atoms with Gasteiger partial charge in [-0.15, -0.1) is 0 Å². The van der Waals surface area contributed by atoms with E-state index >= 15 is 0 Å². The normalized spacial score (nSPS) is 32.5. The number of nitrogens with zero attached hydrogens (tertiary/aromatic N) is 8. The smallest absolute Gasteiger partial charge is 0.219 e. The maximum absolute atomic E-state index is 13.3. The third kappa shape index (κ3) is 11.3. The summed E-state index contributed by atoms with van der Waals surface area (Å²) in [7, 11) is 7.85. The van der Waals surface area contributed by atoms with E-state index in [1.54, 1.807) is 18.5 Å². The number of aliphatic hydroxyl groups is 2. The predicted molar refractivity (Wildman–Crippen MR) is 276 cm³/mol. The van der Waals surface area contributed by atoms with Crippen molar-refractivity contribution in [1.29, 1.82) is 0 Å². The number of rotatable bonds is 12. The van der Waals surface area contributed by atoms with Crippen molar-refractivity contribution in [1.82, 2.24) is 29.4 Å². The van der Waals surface area contributed by atoms with E-state index in [1.165, 1.54) is 12.8 Å². The van der Waals surface area contributed by atoms with Gasteiger partial charge < -0.3 is 29.8 Å². The predicted octanol–water partition coefficient (Wildman–Crippen LogP) is 8.09. The molecule has 8 aliphatic carbocycles. The van der Waals surface area contributed by atoms with Gasteiger partial charge in [0.2, 0.25) is 11.8 Å². The topological polar surface area (TPSA) is 157 Å². The zero-order valence-electron chi connectivity index (χ0n) is 41.3. The van der Waals surface area contributed by atoms with Crippen molar-refractivity contribution in [2.24, 2.45) is 73.3 Å². The molecule has 12 rings (SSSR count). The third-order valence-electron chi connectivity index (χ3n) is 18.0. The number of ketones is 2. The number of carbonyl (C=O) groups excluding carboxylic acids is 4. The summed E-state index contributed by atoms with van der Waals surface area (Å²) in [5.74, 6) is 7.26. The first-order valence-electron chi connectivity index (χ1n) is 25.4. The van der Waals surface area contributed by atoms with Gasteiger partial charge in [0.15, 0.2) is 11.6 Å². The minimum Gasteiger partial charge on any atom is -0.390 e. The number of carbonyl (C=O) groups is 4. The Hall–Kier alpha value is -2.76. The molecule has 10 fully saturated rings.